The number of amides is 2. The van der Waals surface area contributed by atoms with Gasteiger partial charge in [-0.05, 0) is 32.4 Å². The Kier molecular flexibility index (Phi) is 6.48. The van der Waals surface area contributed by atoms with Crippen molar-refractivity contribution in [3.63, 3.8) is 0 Å². The van der Waals surface area contributed by atoms with Crippen molar-refractivity contribution >= 4 is 17.5 Å². The first-order valence-electron chi connectivity index (χ1n) is 10.8. The molecule has 1 aliphatic heterocycles. The molecule has 4 rings (SSSR count). The molecule has 31 heavy (non-hydrogen) atoms. The smallest absolute Gasteiger partial charge is 0.301 e. The molecule has 0 atom stereocenters. The third-order valence-corrected chi connectivity index (χ3v) is 5.82. The molecule has 0 unspecified atom stereocenters. The third kappa shape index (κ3) is 5.03. The molecule has 0 bridgehead atoms. The van der Waals surface area contributed by atoms with Crippen molar-refractivity contribution in [2.45, 2.75) is 32.6 Å². The van der Waals surface area contributed by atoms with Crippen molar-refractivity contribution in [1.82, 2.24) is 20.8 Å². The van der Waals surface area contributed by atoms with E-state index in [-0.39, 0.29) is 18.2 Å². The molecule has 164 valence electrons. The Morgan fingerprint density at radius 1 is 1.10 bits per heavy atom. The molecule has 1 aliphatic carbocycles. The largest absolute Gasteiger partial charge is 0.455 e. The molecule has 2 amide bonds. The van der Waals surface area contributed by atoms with E-state index < -0.39 is 0 Å². The van der Waals surface area contributed by atoms with Gasteiger partial charge in [0.2, 0.25) is 5.91 Å². The zero-order valence-corrected chi connectivity index (χ0v) is 18.1. The minimum Gasteiger partial charge on any atom is -0.455 e. The Bertz CT molecular complexity index is 975. The fourth-order valence-electron chi connectivity index (χ4n) is 4.06. The van der Waals surface area contributed by atoms with Gasteiger partial charge in [-0.2, -0.15) is 5.10 Å². The van der Waals surface area contributed by atoms with Gasteiger partial charge in [-0.3, -0.25) is 15.0 Å². The van der Waals surface area contributed by atoms with Crippen LogP contribution in [0.1, 0.15) is 45.8 Å². The number of hydrazine groups is 1. The molecule has 1 fully saturated rings. The number of furan rings is 1. The number of rotatable bonds is 5. The van der Waals surface area contributed by atoms with Gasteiger partial charge in [0.05, 0.1) is 12.1 Å². The lowest BCUT2D eigenvalue weighted by molar-refractivity contribution is -0.120. The number of nitrogens with zero attached hydrogens (tertiary/aromatic N) is 3. The summed E-state index contributed by atoms with van der Waals surface area (Å²) in [6.07, 6.45) is 2.63. The summed E-state index contributed by atoms with van der Waals surface area (Å²) in [7, 11) is 2.07. The van der Waals surface area contributed by atoms with E-state index >= 15 is 0 Å². The third-order valence-electron chi connectivity index (χ3n) is 5.82. The minimum atomic E-state index is -0.232. The first kappa shape index (κ1) is 21.3. The zero-order valence-electron chi connectivity index (χ0n) is 18.1. The van der Waals surface area contributed by atoms with Crippen LogP contribution in [0.3, 0.4) is 0 Å². The highest BCUT2D eigenvalue weighted by atomic mass is 16.4. The van der Waals surface area contributed by atoms with Crippen molar-refractivity contribution in [3.8, 4) is 0 Å². The van der Waals surface area contributed by atoms with E-state index in [1.54, 1.807) is 0 Å². The zero-order chi connectivity index (χ0) is 21.8. The number of hydrogen-bond donors (Lipinski definition) is 2. The lowest BCUT2D eigenvalue weighted by Gasteiger charge is -2.32. The summed E-state index contributed by atoms with van der Waals surface area (Å²) < 4.78 is 5.95. The molecule has 0 radical (unpaired) electrons. The van der Waals surface area contributed by atoms with Gasteiger partial charge >= 0.3 is 5.91 Å². The van der Waals surface area contributed by atoms with Gasteiger partial charge in [0.15, 0.2) is 5.76 Å². The first-order valence-corrected chi connectivity index (χ1v) is 10.8. The molecule has 2 heterocycles. The Balaban J connectivity index is 1.45. The molecule has 2 aromatic rings. The van der Waals surface area contributed by atoms with E-state index in [0.29, 0.717) is 5.76 Å². The highest BCUT2D eigenvalue weighted by Crippen LogP contribution is 2.30. The molecule has 8 nitrogen and oxygen atoms in total. The molecule has 8 heteroatoms. The fraction of sp³-hybridized carbons (Fsp3) is 0.435. The van der Waals surface area contributed by atoms with Crippen molar-refractivity contribution in [2.24, 2.45) is 5.10 Å². The number of fused-ring (bicyclic) bond motifs is 1. The van der Waals surface area contributed by atoms with Crippen LogP contribution in [0.4, 0.5) is 0 Å². The Hall–Kier alpha value is -2.97. The highest BCUT2D eigenvalue weighted by molar-refractivity contribution is 6.06. The summed E-state index contributed by atoms with van der Waals surface area (Å²) in [6, 6.07) is 9.56. The normalized spacial score (nSPS) is 18.6. The quantitative estimate of drug-likeness (QED) is 0.717. The number of benzene rings is 1. The van der Waals surface area contributed by atoms with E-state index in [2.05, 4.69) is 27.9 Å². The maximum atomic E-state index is 12.8. The molecular formula is C23H29N5O3. The number of carbonyl (C=O) groups is 2. The average molecular weight is 424 g/mol. The van der Waals surface area contributed by atoms with Crippen LogP contribution >= 0.6 is 0 Å². The number of aryl methyl sites for hydroxylation is 1. The average Bonchev–Trinajstić information content (AvgIpc) is 3.12. The standard InChI is InChI=1S/C23H29N5O3/c1-16-21-18(24-25-20(29)15-17-7-4-3-5-8-17)9-6-10-19(21)31-22(16)23(30)26-28-13-11-27(2)12-14-28/h3-5,7-8H,6,9-15H2,1-2H3,(H,25,29)(H,26,30)/b24-18+. The van der Waals surface area contributed by atoms with Gasteiger partial charge < -0.3 is 9.32 Å². The second kappa shape index (κ2) is 9.45. The van der Waals surface area contributed by atoms with Crippen LogP contribution in [0.25, 0.3) is 0 Å². The Labute approximate surface area is 182 Å². The number of hydrogen-bond acceptors (Lipinski definition) is 6. The number of hydrazone groups is 1. The second-order valence-electron chi connectivity index (χ2n) is 8.20. The molecule has 1 aromatic heterocycles. The molecular weight excluding hydrogens is 394 g/mol. The highest BCUT2D eigenvalue weighted by Gasteiger charge is 2.29. The van der Waals surface area contributed by atoms with Crippen LogP contribution in [-0.2, 0) is 17.6 Å². The monoisotopic (exact) mass is 423 g/mol. The number of likely N-dealkylation sites (N-methyl/N-ethyl adjacent to an activating group) is 1. The van der Waals surface area contributed by atoms with E-state index in [1.807, 2.05) is 42.3 Å². The molecule has 1 aromatic carbocycles. The lowest BCUT2D eigenvalue weighted by Crippen LogP contribution is -2.52. The topological polar surface area (TPSA) is 90.2 Å². The summed E-state index contributed by atoms with van der Waals surface area (Å²) in [5, 5.41) is 6.32. The molecule has 0 spiro atoms. The first-order chi connectivity index (χ1) is 15.0. The van der Waals surface area contributed by atoms with Crippen molar-refractivity contribution in [3.05, 3.63) is 58.5 Å². The number of piperazine rings is 1. The summed E-state index contributed by atoms with van der Waals surface area (Å²) in [6.45, 7) is 5.26. The summed E-state index contributed by atoms with van der Waals surface area (Å²) in [5.41, 5.74) is 8.97. The lowest BCUT2D eigenvalue weighted by atomic mass is 9.93. The van der Waals surface area contributed by atoms with Crippen LogP contribution in [0, 0.1) is 6.92 Å². The van der Waals surface area contributed by atoms with E-state index in [4.69, 9.17) is 4.42 Å². The van der Waals surface area contributed by atoms with Crippen LogP contribution < -0.4 is 10.9 Å². The second-order valence-corrected chi connectivity index (χ2v) is 8.20. The van der Waals surface area contributed by atoms with E-state index in [0.717, 1.165) is 73.6 Å². The van der Waals surface area contributed by atoms with Gasteiger partial charge in [-0.1, -0.05) is 30.3 Å². The van der Waals surface area contributed by atoms with Gasteiger partial charge in [0, 0.05) is 43.7 Å². The number of nitrogens with one attached hydrogen (secondary N) is 2. The fourth-order valence-corrected chi connectivity index (χ4v) is 4.06. The van der Waals surface area contributed by atoms with E-state index in [1.165, 1.54) is 0 Å². The van der Waals surface area contributed by atoms with E-state index in [9.17, 15) is 9.59 Å². The predicted molar refractivity (Wildman–Crippen MR) is 118 cm³/mol. The molecule has 0 saturated carbocycles. The summed E-state index contributed by atoms with van der Waals surface area (Å²) in [5.74, 6) is 0.696. The molecule has 1 saturated heterocycles. The minimum absolute atomic E-state index is 0.167. The van der Waals surface area contributed by atoms with Crippen LogP contribution in [0.2, 0.25) is 0 Å². The maximum Gasteiger partial charge on any atom is 0.301 e. The van der Waals surface area contributed by atoms with Crippen LogP contribution in [0.15, 0.2) is 39.9 Å². The van der Waals surface area contributed by atoms with Gasteiger partial charge in [-0.25, -0.2) is 10.4 Å². The van der Waals surface area contributed by atoms with Crippen molar-refractivity contribution in [1.29, 1.82) is 0 Å². The van der Waals surface area contributed by atoms with Crippen molar-refractivity contribution < 1.29 is 14.0 Å². The SMILES string of the molecule is Cc1c(C(=O)NN2CCN(C)CC2)oc2c1/C(=N/NC(=O)Cc1ccccc1)CCC2. The van der Waals surface area contributed by atoms with Crippen LogP contribution in [-0.4, -0.2) is 60.7 Å². The number of carbonyl (C=O) groups excluding carboxylic acids is 2. The predicted octanol–water partition coefficient (Wildman–Crippen LogP) is 1.88. The van der Waals surface area contributed by atoms with Crippen LogP contribution in [0.5, 0.6) is 0 Å². The van der Waals surface area contributed by atoms with Crippen molar-refractivity contribution in [2.75, 3.05) is 33.2 Å². The summed E-state index contributed by atoms with van der Waals surface area (Å²) in [4.78, 5) is 27.4. The van der Waals surface area contributed by atoms with Gasteiger partial charge in [-0.15, -0.1) is 0 Å². The Morgan fingerprint density at radius 3 is 2.58 bits per heavy atom. The maximum absolute atomic E-state index is 12.8. The van der Waals surface area contributed by atoms with Gasteiger partial charge in [0.25, 0.3) is 0 Å². The van der Waals surface area contributed by atoms with Gasteiger partial charge in [0.1, 0.15) is 5.76 Å². The molecule has 2 aliphatic rings. The molecule has 2 N–H and O–H groups in total. The summed E-state index contributed by atoms with van der Waals surface area (Å²) >= 11 is 0. The Morgan fingerprint density at radius 2 is 1.84 bits per heavy atom.